The number of Topliss-reactive ketones (excluding diaryl/α,β-unsaturated/α-hetero) is 1. The summed E-state index contributed by atoms with van der Waals surface area (Å²) < 4.78 is 0. The van der Waals surface area contributed by atoms with E-state index in [1.54, 1.807) is 0 Å². The normalized spacial score (nSPS) is 28.3. The Morgan fingerprint density at radius 3 is 2.36 bits per heavy atom. The first-order chi connectivity index (χ1) is 6.86. The average Bonchev–Trinajstić information content (AvgIpc) is 2.23. The topological polar surface area (TPSA) is 29.4 Å². The fourth-order valence-corrected chi connectivity index (χ4v) is 2.43. The first-order valence-electron chi connectivity index (χ1n) is 5.96. The maximum atomic E-state index is 11.5. The molecule has 78 valence electrons. The zero-order valence-corrected chi connectivity index (χ0v) is 8.80. The predicted molar refractivity (Wildman–Crippen MR) is 57.8 cm³/mol. The lowest BCUT2D eigenvalue weighted by atomic mass is 9.93. The molecule has 2 aliphatic rings. The monoisotopic (exact) mass is 193 g/mol. The first kappa shape index (κ1) is 9.88. The predicted octanol–water partition coefficient (Wildman–Crippen LogP) is 2.90. The summed E-state index contributed by atoms with van der Waals surface area (Å²) in [5.41, 5.74) is 0.906. The molecule has 0 spiro atoms. The van der Waals surface area contributed by atoms with Gasteiger partial charge < -0.3 is 0 Å². The van der Waals surface area contributed by atoms with Gasteiger partial charge in [-0.05, 0) is 32.1 Å². The van der Waals surface area contributed by atoms with Crippen LogP contribution in [-0.2, 0) is 4.79 Å². The summed E-state index contributed by atoms with van der Waals surface area (Å²) in [4.78, 5) is 16.2. The molecule has 0 N–H and O–H groups in total. The number of carbonyl (C=O) groups excluding carboxylic acids is 1. The molecule has 0 atom stereocenters. The zero-order chi connectivity index (χ0) is 9.80. The Balaban J connectivity index is 1.96. The van der Waals surface area contributed by atoms with Crippen LogP contribution < -0.4 is 0 Å². The van der Waals surface area contributed by atoms with E-state index in [1.807, 2.05) is 0 Å². The van der Waals surface area contributed by atoms with Crippen molar-refractivity contribution in [1.82, 2.24) is 0 Å². The van der Waals surface area contributed by atoms with E-state index in [-0.39, 0.29) is 0 Å². The number of hydrogen-bond acceptors (Lipinski definition) is 2. The quantitative estimate of drug-likeness (QED) is 0.629. The van der Waals surface area contributed by atoms with Gasteiger partial charge in [0, 0.05) is 6.42 Å². The molecule has 2 rings (SSSR count). The zero-order valence-electron chi connectivity index (χ0n) is 8.80. The van der Waals surface area contributed by atoms with Gasteiger partial charge >= 0.3 is 0 Å². The van der Waals surface area contributed by atoms with E-state index in [0.717, 1.165) is 31.4 Å². The Labute approximate surface area is 85.8 Å². The molecule has 0 bridgehead atoms. The SMILES string of the molecule is O=C1CCCCC1=NC1CCCCC1. The summed E-state index contributed by atoms with van der Waals surface area (Å²) in [6, 6.07) is 0.473. The largest absolute Gasteiger partial charge is 0.293 e. The van der Waals surface area contributed by atoms with Crippen molar-refractivity contribution in [3.05, 3.63) is 0 Å². The molecule has 2 heteroatoms. The van der Waals surface area contributed by atoms with Gasteiger partial charge in [-0.3, -0.25) is 9.79 Å². The second-order valence-corrected chi connectivity index (χ2v) is 4.50. The van der Waals surface area contributed by atoms with E-state index in [0.29, 0.717) is 11.8 Å². The maximum Gasteiger partial charge on any atom is 0.176 e. The van der Waals surface area contributed by atoms with Crippen LogP contribution in [0.15, 0.2) is 4.99 Å². The van der Waals surface area contributed by atoms with Crippen molar-refractivity contribution in [3.8, 4) is 0 Å². The van der Waals surface area contributed by atoms with Crippen molar-refractivity contribution in [1.29, 1.82) is 0 Å². The Morgan fingerprint density at radius 1 is 0.929 bits per heavy atom. The summed E-state index contributed by atoms with van der Waals surface area (Å²) in [5, 5.41) is 0. The highest BCUT2D eigenvalue weighted by molar-refractivity contribution is 6.40. The Hall–Kier alpha value is -0.660. The number of hydrogen-bond donors (Lipinski definition) is 0. The molecule has 0 heterocycles. The molecule has 0 aromatic heterocycles. The number of ketones is 1. The summed E-state index contributed by atoms with van der Waals surface area (Å²) in [7, 11) is 0. The average molecular weight is 193 g/mol. The molecule has 0 unspecified atom stereocenters. The molecular weight excluding hydrogens is 174 g/mol. The van der Waals surface area contributed by atoms with Gasteiger partial charge in [-0.15, -0.1) is 0 Å². The van der Waals surface area contributed by atoms with Crippen molar-refractivity contribution >= 4 is 11.5 Å². The molecule has 0 aromatic rings. The van der Waals surface area contributed by atoms with Gasteiger partial charge in [0.05, 0.1) is 11.8 Å². The summed E-state index contributed by atoms with van der Waals surface area (Å²) in [5.74, 6) is 0.321. The van der Waals surface area contributed by atoms with Gasteiger partial charge in [-0.25, -0.2) is 0 Å². The smallest absolute Gasteiger partial charge is 0.176 e. The van der Waals surface area contributed by atoms with Crippen LogP contribution in [0, 0.1) is 0 Å². The van der Waals surface area contributed by atoms with Crippen LogP contribution in [0.4, 0.5) is 0 Å². The van der Waals surface area contributed by atoms with Crippen LogP contribution in [0.25, 0.3) is 0 Å². The van der Waals surface area contributed by atoms with Crippen molar-refractivity contribution in [3.63, 3.8) is 0 Å². The van der Waals surface area contributed by atoms with Gasteiger partial charge in [0.1, 0.15) is 0 Å². The Kier molecular flexibility index (Phi) is 3.33. The van der Waals surface area contributed by atoms with E-state index in [2.05, 4.69) is 4.99 Å². The van der Waals surface area contributed by atoms with Crippen LogP contribution in [0.1, 0.15) is 57.8 Å². The molecule has 0 radical (unpaired) electrons. The van der Waals surface area contributed by atoms with Crippen molar-refractivity contribution < 1.29 is 4.79 Å². The minimum Gasteiger partial charge on any atom is -0.293 e. The fourth-order valence-electron chi connectivity index (χ4n) is 2.43. The van der Waals surface area contributed by atoms with Crippen LogP contribution in [0.2, 0.25) is 0 Å². The summed E-state index contributed by atoms with van der Waals surface area (Å²) in [6.07, 6.45) is 10.3. The lowest BCUT2D eigenvalue weighted by Crippen LogP contribution is -2.22. The summed E-state index contributed by atoms with van der Waals surface area (Å²) in [6.45, 7) is 0. The number of rotatable bonds is 1. The highest BCUT2D eigenvalue weighted by atomic mass is 16.1. The van der Waals surface area contributed by atoms with Gasteiger partial charge in [-0.1, -0.05) is 19.3 Å². The number of carbonyl (C=O) groups is 1. The van der Waals surface area contributed by atoms with Gasteiger partial charge in [-0.2, -0.15) is 0 Å². The minimum atomic E-state index is 0.321. The Morgan fingerprint density at radius 2 is 1.64 bits per heavy atom. The third-order valence-corrected chi connectivity index (χ3v) is 3.30. The van der Waals surface area contributed by atoms with Crippen LogP contribution in [0.3, 0.4) is 0 Å². The van der Waals surface area contributed by atoms with Crippen molar-refractivity contribution in [2.45, 2.75) is 63.8 Å². The third kappa shape index (κ3) is 2.43. The van der Waals surface area contributed by atoms with E-state index >= 15 is 0 Å². The molecule has 14 heavy (non-hydrogen) atoms. The first-order valence-corrected chi connectivity index (χ1v) is 5.96. The molecule has 0 saturated heterocycles. The molecule has 0 amide bonds. The molecule has 0 aromatic carbocycles. The fraction of sp³-hybridized carbons (Fsp3) is 0.833. The van der Waals surface area contributed by atoms with E-state index in [4.69, 9.17) is 0 Å². The molecule has 2 nitrogen and oxygen atoms in total. The molecule has 2 fully saturated rings. The minimum absolute atomic E-state index is 0.321. The lowest BCUT2D eigenvalue weighted by Gasteiger charge is -2.20. The van der Waals surface area contributed by atoms with E-state index in [1.165, 1.54) is 32.1 Å². The van der Waals surface area contributed by atoms with E-state index < -0.39 is 0 Å². The highest BCUT2D eigenvalue weighted by Crippen LogP contribution is 2.22. The van der Waals surface area contributed by atoms with Gasteiger partial charge in [0.15, 0.2) is 5.78 Å². The van der Waals surface area contributed by atoms with Crippen LogP contribution >= 0.6 is 0 Å². The second-order valence-electron chi connectivity index (χ2n) is 4.50. The maximum absolute atomic E-state index is 11.5. The molecule has 2 aliphatic carbocycles. The van der Waals surface area contributed by atoms with Crippen LogP contribution in [0.5, 0.6) is 0 Å². The Bertz CT molecular complexity index is 239. The molecule has 2 saturated carbocycles. The van der Waals surface area contributed by atoms with Crippen LogP contribution in [-0.4, -0.2) is 17.5 Å². The molecule has 0 aliphatic heterocycles. The van der Waals surface area contributed by atoms with Crippen molar-refractivity contribution in [2.24, 2.45) is 4.99 Å². The number of aliphatic imine (C=N–C) groups is 1. The third-order valence-electron chi connectivity index (χ3n) is 3.30. The van der Waals surface area contributed by atoms with Crippen molar-refractivity contribution in [2.75, 3.05) is 0 Å². The lowest BCUT2D eigenvalue weighted by molar-refractivity contribution is -0.113. The van der Waals surface area contributed by atoms with E-state index in [9.17, 15) is 4.79 Å². The van der Waals surface area contributed by atoms with Gasteiger partial charge in [0.2, 0.25) is 0 Å². The van der Waals surface area contributed by atoms with Gasteiger partial charge in [0.25, 0.3) is 0 Å². The second kappa shape index (κ2) is 4.72. The number of nitrogens with zero attached hydrogens (tertiary/aromatic N) is 1. The standard InChI is InChI=1S/C12H19NO/c14-12-9-5-4-8-11(12)13-10-6-2-1-3-7-10/h10H,1-9H2. The summed E-state index contributed by atoms with van der Waals surface area (Å²) >= 11 is 0. The molecular formula is C12H19NO. The highest BCUT2D eigenvalue weighted by Gasteiger charge is 2.19.